The van der Waals surface area contributed by atoms with Crippen molar-refractivity contribution in [2.24, 2.45) is 5.73 Å². The molecule has 0 radical (unpaired) electrons. The van der Waals surface area contributed by atoms with Gasteiger partial charge in [-0.25, -0.2) is 4.79 Å². The van der Waals surface area contributed by atoms with Crippen molar-refractivity contribution in [2.75, 3.05) is 14.2 Å². The zero-order chi connectivity index (χ0) is 17.1. The first-order valence-corrected chi connectivity index (χ1v) is 6.68. The smallest absolute Gasteiger partial charge is 0.338 e. The number of phenols is 1. The molecule has 1 unspecified atom stereocenters. The van der Waals surface area contributed by atoms with Gasteiger partial charge < -0.3 is 25.1 Å². The standard InChI is InChI=1S/C16H16N2O5/c1-8-13(16(20)22-3)14(10(7-17)15(18)23-8)9-4-5-11(19)12(6-9)21-2/h4-6,14,19H,18H2,1-3H3. The van der Waals surface area contributed by atoms with Gasteiger partial charge in [-0.05, 0) is 24.6 Å². The summed E-state index contributed by atoms with van der Waals surface area (Å²) >= 11 is 0. The van der Waals surface area contributed by atoms with Crippen molar-refractivity contribution in [2.45, 2.75) is 12.8 Å². The zero-order valence-corrected chi connectivity index (χ0v) is 12.9. The lowest BCUT2D eigenvalue weighted by Gasteiger charge is -2.26. The molecule has 7 heteroatoms. The molecule has 1 aliphatic rings. The molecule has 0 aromatic heterocycles. The van der Waals surface area contributed by atoms with Crippen LogP contribution in [0.2, 0.25) is 0 Å². The van der Waals surface area contributed by atoms with E-state index in [1.54, 1.807) is 13.0 Å². The summed E-state index contributed by atoms with van der Waals surface area (Å²) in [7, 11) is 2.64. The van der Waals surface area contributed by atoms with Gasteiger partial charge in [-0.1, -0.05) is 6.07 Å². The minimum Gasteiger partial charge on any atom is -0.504 e. The molecule has 7 nitrogen and oxygen atoms in total. The van der Waals surface area contributed by atoms with Crippen LogP contribution in [0.1, 0.15) is 18.4 Å². The van der Waals surface area contributed by atoms with E-state index in [-0.39, 0.29) is 34.3 Å². The Balaban J connectivity index is 2.68. The lowest BCUT2D eigenvalue weighted by molar-refractivity contribution is -0.136. The number of nitrogens with zero attached hydrogens (tertiary/aromatic N) is 1. The SMILES string of the molecule is COC(=O)C1=C(C)OC(N)=C(C#N)C1c1ccc(O)c(OC)c1. The molecule has 0 bridgehead atoms. The van der Waals surface area contributed by atoms with Crippen LogP contribution in [-0.2, 0) is 14.3 Å². The van der Waals surface area contributed by atoms with Crippen molar-refractivity contribution < 1.29 is 24.1 Å². The van der Waals surface area contributed by atoms with Crippen LogP contribution in [0.25, 0.3) is 0 Å². The van der Waals surface area contributed by atoms with Crippen LogP contribution in [0.4, 0.5) is 0 Å². The number of ether oxygens (including phenoxy) is 3. The minimum atomic E-state index is -0.768. The Morgan fingerprint density at radius 1 is 1.43 bits per heavy atom. The van der Waals surface area contributed by atoms with E-state index in [2.05, 4.69) is 0 Å². The number of phenolic OH excluding ortho intramolecular Hbond substituents is 1. The normalized spacial score (nSPS) is 17.4. The van der Waals surface area contributed by atoms with Gasteiger partial charge in [0.25, 0.3) is 0 Å². The third kappa shape index (κ3) is 2.79. The molecular formula is C16H16N2O5. The second-order valence-corrected chi connectivity index (χ2v) is 4.82. The number of aromatic hydroxyl groups is 1. The molecule has 3 N–H and O–H groups in total. The molecule has 23 heavy (non-hydrogen) atoms. The van der Waals surface area contributed by atoms with Crippen LogP contribution < -0.4 is 10.5 Å². The number of esters is 1. The first-order chi connectivity index (χ1) is 10.9. The van der Waals surface area contributed by atoms with Crippen molar-refractivity contribution in [3.63, 3.8) is 0 Å². The lowest BCUT2D eigenvalue weighted by Crippen LogP contribution is -2.25. The quantitative estimate of drug-likeness (QED) is 0.815. The summed E-state index contributed by atoms with van der Waals surface area (Å²) in [5, 5.41) is 19.1. The fourth-order valence-electron chi connectivity index (χ4n) is 2.46. The highest BCUT2D eigenvalue weighted by Gasteiger charge is 2.36. The second kappa shape index (κ2) is 6.32. The van der Waals surface area contributed by atoms with Gasteiger partial charge in [0.05, 0.1) is 25.7 Å². The highest BCUT2D eigenvalue weighted by Crippen LogP contribution is 2.41. The van der Waals surface area contributed by atoms with Gasteiger partial charge in [0.15, 0.2) is 11.5 Å². The predicted molar refractivity (Wildman–Crippen MR) is 80.0 cm³/mol. The van der Waals surface area contributed by atoms with Crippen LogP contribution in [0.3, 0.4) is 0 Å². The Hall–Kier alpha value is -3.14. The lowest BCUT2D eigenvalue weighted by atomic mass is 9.83. The molecule has 1 aromatic rings. The van der Waals surface area contributed by atoms with Gasteiger partial charge in [0, 0.05) is 0 Å². The van der Waals surface area contributed by atoms with E-state index in [4.69, 9.17) is 19.9 Å². The molecule has 1 aromatic carbocycles. The van der Waals surface area contributed by atoms with Crippen LogP contribution in [0.5, 0.6) is 11.5 Å². The number of nitrogens with two attached hydrogens (primary N) is 1. The Labute approximate surface area is 133 Å². The fraction of sp³-hybridized carbons (Fsp3) is 0.250. The Morgan fingerprint density at radius 2 is 2.13 bits per heavy atom. The third-order valence-corrected chi connectivity index (χ3v) is 3.55. The highest BCUT2D eigenvalue weighted by atomic mass is 16.5. The molecule has 0 fully saturated rings. The molecule has 0 amide bonds. The maximum absolute atomic E-state index is 12.1. The predicted octanol–water partition coefficient (Wildman–Crippen LogP) is 1.66. The van der Waals surface area contributed by atoms with Crippen molar-refractivity contribution in [3.8, 4) is 17.6 Å². The van der Waals surface area contributed by atoms with Gasteiger partial charge in [0.2, 0.25) is 5.88 Å². The van der Waals surface area contributed by atoms with Crippen LogP contribution in [0.15, 0.2) is 41.0 Å². The number of nitriles is 1. The summed E-state index contributed by atoms with van der Waals surface area (Å²) < 4.78 is 15.2. The number of carbonyl (C=O) groups excluding carboxylic acids is 1. The number of benzene rings is 1. The highest BCUT2D eigenvalue weighted by molar-refractivity contribution is 5.92. The molecule has 0 aliphatic carbocycles. The van der Waals surface area contributed by atoms with Gasteiger partial charge in [-0.3, -0.25) is 0 Å². The van der Waals surface area contributed by atoms with E-state index in [1.807, 2.05) is 6.07 Å². The minimum absolute atomic E-state index is 0.0564. The number of hydrogen-bond acceptors (Lipinski definition) is 7. The van der Waals surface area contributed by atoms with Crippen LogP contribution in [-0.4, -0.2) is 25.3 Å². The Bertz CT molecular complexity index is 758. The van der Waals surface area contributed by atoms with E-state index < -0.39 is 11.9 Å². The summed E-state index contributed by atoms with van der Waals surface area (Å²) in [5.74, 6) is -1.05. The zero-order valence-electron chi connectivity index (χ0n) is 12.9. The van der Waals surface area contributed by atoms with E-state index in [1.165, 1.54) is 26.4 Å². The average Bonchev–Trinajstić information content (AvgIpc) is 2.54. The first kappa shape index (κ1) is 16.2. The topological polar surface area (TPSA) is 115 Å². The first-order valence-electron chi connectivity index (χ1n) is 6.68. The van der Waals surface area contributed by atoms with Crippen LogP contribution in [0, 0.1) is 11.3 Å². The summed E-state index contributed by atoms with van der Waals surface area (Å²) in [6.45, 7) is 1.57. The maximum atomic E-state index is 12.1. The van der Waals surface area contributed by atoms with Crippen molar-refractivity contribution in [1.29, 1.82) is 5.26 Å². The number of hydrogen-bond donors (Lipinski definition) is 2. The van der Waals surface area contributed by atoms with E-state index in [9.17, 15) is 15.2 Å². The van der Waals surface area contributed by atoms with E-state index in [0.29, 0.717) is 5.56 Å². The van der Waals surface area contributed by atoms with Gasteiger partial charge >= 0.3 is 5.97 Å². The monoisotopic (exact) mass is 316 g/mol. The van der Waals surface area contributed by atoms with Crippen molar-refractivity contribution in [1.82, 2.24) is 0 Å². The van der Waals surface area contributed by atoms with E-state index in [0.717, 1.165) is 0 Å². The molecule has 0 spiro atoms. The largest absolute Gasteiger partial charge is 0.504 e. The van der Waals surface area contributed by atoms with Gasteiger partial charge in [0.1, 0.15) is 17.4 Å². The number of allylic oxidation sites excluding steroid dienone is 2. The number of methoxy groups -OCH3 is 2. The molecule has 120 valence electrons. The number of carbonyl (C=O) groups is 1. The average molecular weight is 316 g/mol. The Kier molecular flexibility index (Phi) is 4.46. The molecular weight excluding hydrogens is 300 g/mol. The maximum Gasteiger partial charge on any atom is 0.338 e. The molecule has 1 heterocycles. The Morgan fingerprint density at radius 3 is 2.70 bits per heavy atom. The third-order valence-electron chi connectivity index (χ3n) is 3.55. The molecule has 2 rings (SSSR count). The van der Waals surface area contributed by atoms with Crippen molar-refractivity contribution >= 4 is 5.97 Å². The summed E-state index contributed by atoms with van der Waals surface area (Å²) in [4.78, 5) is 12.1. The van der Waals surface area contributed by atoms with Crippen LogP contribution >= 0.6 is 0 Å². The fourth-order valence-corrected chi connectivity index (χ4v) is 2.46. The summed E-state index contributed by atoms with van der Waals surface area (Å²) in [6, 6.07) is 6.50. The second-order valence-electron chi connectivity index (χ2n) is 4.82. The van der Waals surface area contributed by atoms with Gasteiger partial charge in [-0.15, -0.1) is 0 Å². The molecule has 1 aliphatic heterocycles. The van der Waals surface area contributed by atoms with Gasteiger partial charge in [-0.2, -0.15) is 5.26 Å². The molecule has 0 saturated carbocycles. The van der Waals surface area contributed by atoms with Crippen molar-refractivity contribution in [3.05, 3.63) is 46.6 Å². The molecule has 1 atom stereocenters. The summed E-state index contributed by atoms with van der Waals surface area (Å²) in [6.07, 6.45) is 0. The molecule has 0 saturated heterocycles. The number of rotatable bonds is 3. The van der Waals surface area contributed by atoms with E-state index >= 15 is 0 Å². The summed E-state index contributed by atoms with van der Waals surface area (Å²) in [5.41, 5.74) is 6.58.